The molecular formula is C21H30N6O4. The minimum absolute atomic E-state index is 0.0446. The molecular weight excluding hydrogens is 400 g/mol. The zero-order valence-corrected chi connectivity index (χ0v) is 18.6. The Bertz CT molecular complexity index is 1180. The van der Waals surface area contributed by atoms with Gasteiger partial charge in [-0.2, -0.15) is 4.98 Å². The van der Waals surface area contributed by atoms with Crippen molar-refractivity contribution in [3.63, 3.8) is 0 Å². The number of hydrogen-bond acceptors (Lipinski definition) is 7. The lowest BCUT2D eigenvalue weighted by Crippen LogP contribution is -2.31. The molecule has 2 aromatic heterocycles. The molecule has 3 rings (SSSR count). The van der Waals surface area contributed by atoms with Gasteiger partial charge in [0.1, 0.15) is 18.5 Å². The average molecular weight is 431 g/mol. The Labute approximate surface area is 180 Å². The van der Waals surface area contributed by atoms with Crippen LogP contribution in [0.5, 0.6) is 5.75 Å². The highest BCUT2D eigenvalue weighted by Crippen LogP contribution is 2.18. The minimum Gasteiger partial charge on any atom is -0.491 e. The molecule has 10 heteroatoms. The number of aromatic nitrogens is 4. The summed E-state index contributed by atoms with van der Waals surface area (Å²) < 4.78 is 8.61. The van der Waals surface area contributed by atoms with Crippen molar-refractivity contribution in [2.75, 3.05) is 39.1 Å². The first-order chi connectivity index (χ1) is 14.7. The molecule has 31 heavy (non-hydrogen) atoms. The zero-order chi connectivity index (χ0) is 22.7. The van der Waals surface area contributed by atoms with Crippen LogP contribution in [0, 0.1) is 13.8 Å². The summed E-state index contributed by atoms with van der Waals surface area (Å²) in [6.45, 7) is 5.47. The second kappa shape index (κ2) is 9.36. The average Bonchev–Trinajstić information content (AvgIpc) is 3.05. The quantitative estimate of drug-likeness (QED) is 0.451. The third-order valence-corrected chi connectivity index (χ3v) is 5.16. The number of anilines is 1. The Morgan fingerprint density at radius 2 is 2.00 bits per heavy atom. The third kappa shape index (κ3) is 5.15. The van der Waals surface area contributed by atoms with Gasteiger partial charge in [-0.25, -0.2) is 4.79 Å². The summed E-state index contributed by atoms with van der Waals surface area (Å²) >= 11 is 0. The molecule has 0 radical (unpaired) electrons. The number of nitrogens with zero attached hydrogens (tertiary/aromatic N) is 4. The fourth-order valence-corrected chi connectivity index (χ4v) is 3.20. The molecule has 0 saturated heterocycles. The number of rotatable bonds is 9. The highest BCUT2D eigenvalue weighted by atomic mass is 16.5. The van der Waals surface area contributed by atoms with Gasteiger partial charge in [0.15, 0.2) is 11.2 Å². The monoisotopic (exact) mass is 430 g/mol. The van der Waals surface area contributed by atoms with Crippen LogP contribution in [0.15, 0.2) is 27.8 Å². The van der Waals surface area contributed by atoms with E-state index < -0.39 is 17.4 Å². The SMILES string of the molecule is Cc1ccc(OC[C@H](O)Cn2c(NCCN(C)C)nc3c2c(=O)[nH]c(=O)n3C)cc1C. The molecule has 3 N–H and O–H groups in total. The Kier molecular flexibility index (Phi) is 6.81. The van der Waals surface area contributed by atoms with Gasteiger partial charge in [0, 0.05) is 20.1 Å². The fourth-order valence-electron chi connectivity index (χ4n) is 3.20. The van der Waals surface area contributed by atoms with E-state index in [9.17, 15) is 14.7 Å². The van der Waals surface area contributed by atoms with E-state index in [4.69, 9.17) is 4.74 Å². The van der Waals surface area contributed by atoms with Crippen LogP contribution in [0.2, 0.25) is 0 Å². The maximum Gasteiger partial charge on any atom is 0.329 e. The predicted molar refractivity (Wildman–Crippen MR) is 120 cm³/mol. The van der Waals surface area contributed by atoms with E-state index >= 15 is 0 Å². The number of imidazole rings is 1. The molecule has 0 fully saturated rings. The van der Waals surface area contributed by atoms with Gasteiger partial charge in [0.2, 0.25) is 5.95 Å². The Hall–Kier alpha value is -3.11. The van der Waals surface area contributed by atoms with Gasteiger partial charge in [0.05, 0.1) is 6.54 Å². The lowest BCUT2D eigenvalue weighted by atomic mass is 10.1. The topological polar surface area (TPSA) is 117 Å². The lowest BCUT2D eigenvalue weighted by Gasteiger charge is -2.17. The Morgan fingerprint density at radius 3 is 2.68 bits per heavy atom. The summed E-state index contributed by atoms with van der Waals surface area (Å²) in [5.41, 5.74) is 1.65. The van der Waals surface area contributed by atoms with E-state index in [1.165, 1.54) is 4.57 Å². The van der Waals surface area contributed by atoms with Crippen LogP contribution < -0.4 is 21.3 Å². The first-order valence-electron chi connectivity index (χ1n) is 10.1. The number of aryl methyl sites for hydroxylation is 3. The van der Waals surface area contributed by atoms with E-state index in [1.807, 2.05) is 51.0 Å². The van der Waals surface area contributed by atoms with E-state index in [1.54, 1.807) is 11.6 Å². The molecule has 3 aromatic rings. The molecule has 0 aliphatic heterocycles. The number of fused-ring (bicyclic) bond motifs is 1. The normalized spacial score (nSPS) is 12.5. The van der Waals surface area contributed by atoms with Gasteiger partial charge in [-0.05, 0) is 51.2 Å². The first-order valence-corrected chi connectivity index (χ1v) is 10.1. The molecule has 0 amide bonds. The van der Waals surface area contributed by atoms with Crippen LogP contribution in [-0.2, 0) is 13.6 Å². The Morgan fingerprint density at radius 1 is 1.26 bits per heavy atom. The fraction of sp³-hybridized carbons (Fsp3) is 0.476. The molecule has 1 atom stereocenters. The third-order valence-electron chi connectivity index (χ3n) is 5.16. The van der Waals surface area contributed by atoms with Gasteiger partial charge in [-0.1, -0.05) is 6.07 Å². The van der Waals surface area contributed by atoms with Crippen molar-refractivity contribution in [3.8, 4) is 5.75 Å². The van der Waals surface area contributed by atoms with Crippen molar-refractivity contribution < 1.29 is 9.84 Å². The molecule has 0 saturated carbocycles. The van der Waals surface area contributed by atoms with Crippen LogP contribution in [0.4, 0.5) is 5.95 Å². The number of aromatic amines is 1. The highest BCUT2D eigenvalue weighted by molar-refractivity contribution is 5.74. The minimum atomic E-state index is -0.898. The number of hydrogen-bond donors (Lipinski definition) is 3. The molecule has 0 aliphatic carbocycles. The van der Waals surface area contributed by atoms with Crippen LogP contribution >= 0.6 is 0 Å². The summed E-state index contributed by atoms with van der Waals surface area (Å²) in [6.07, 6.45) is -0.898. The number of benzene rings is 1. The van der Waals surface area contributed by atoms with E-state index in [0.29, 0.717) is 18.2 Å². The number of nitrogens with one attached hydrogen (secondary N) is 2. The largest absolute Gasteiger partial charge is 0.491 e. The lowest BCUT2D eigenvalue weighted by molar-refractivity contribution is 0.0938. The van der Waals surface area contributed by atoms with Crippen molar-refractivity contribution in [1.82, 2.24) is 24.0 Å². The van der Waals surface area contributed by atoms with Crippen molar-refractivity contribution in [3.05, 3.63) is 50.2 Å². The molecule has 2 heterocycles. The summed E-state index contributed by atoms with van der Waals surface area (Å²) in [7, 11) is 5.45. The molecule has 0 aliphatic rings. The van der Waals surface area contributed by atoms with Crippen LogP contribution in [-0.4, -0.2) is 69.0 Å². The van der Waals surface area contributed by atoms with Crippen molar-refractivity contribution >= 4 is 17.1 Å². The van der Waals surface area contributed by atoms with Crippen molar-refractivity contribution in [2.24, 2.45) is 7.05 Å². The van der Waals surface area contributed by atoms with Gasteiger partial charge in [-0.15, -0.1) is 0 Å². The molecule has 0 spiro atoms. The van der Waals surface area contributed by atoms with E-state index in [0.717, 1.165) is 17.7 Å². The highest BCUT2D eigenvalue weighted by Gasteiger charge is 2.20. The number of ether oxygens (including phenoxy) is 1. The van der Waals surface area contributed by atoms with Crippen LogP contribution in [0.25, 0.3) is 11.2 Å². The summed E-state index contributed by atoms with van der Waals surface area (Å²) in [6, 6.07) is 5.74. The van der Waals surface area contributed by atoms with Gasteiger partial charge in [0.25, 0.3) is 5.56 Å². The van der Waals surface area contributed by atoms with Gasteiger partial charge in [-0.3, -0.25) is 14.3 Å². The second-order valence-electron chi connectivity index (χ2n) is 7.98. The molecule has 1 aromatic carbocycles. The maximum absolute atomic E-state index is 12.5. The number of likely N-dealkylation sites (N-methyl/N-ethyl adjacent to an activating group) is 1. The number of aliphatic hydroxyl groups is 1. The predicted octanol–water partition coefficient (Wildman–Crippen LogP) is 0.454. The summed E-state index contributed by atoms with van der Waals surface area (Å²) in [5, 5.41) is 13.8. The number of H-pyrrole nitrogens is 1. The molecule has 10 nitrogen and oxygen atoms in total. The summed E-state index contributed by atoms with van der Waals surface area (Å²) in [4.78, 5) is 33.2. The first kappa shape index (κ1) is 22.6. The second-order valence-corrected chi connectivity index (χ2v) is 7.98. The smallest absolute Gasteiger partial charge is 0.329 e. The van der Waals surface area contributed by atoms with Crippen molar-refractivity contribution in [2.45, 2.75) is 26.5 Å². The van der Waals surface area contributed by atoms with Crippen LogP contribution in [0.3, 0.4) is 0 Å². The van der Waals surface area contributed by atoms with Crippen molar-refractivity contribution in [1.29, 1.82) is 0 Å². The number of aliphatic hydroxyl groups excluding tert-OH is 1. The van der Waals surface area contributed by atoms with E-state index in [2.05, 4.69) is 15.3 Å². The maximum atomic E-state index is 12.5. The van der Waals surface area contributed by atoms with Crippen LogP contribution in [0.1, 0.15) is 11.1 Å². The zero-order valence-electron chi connectivity index (χ0n) is 18.6. The van der Waals surface area contributed by atoms with Gasteiger partial charge < -0.3 is 24.6 Å². The van der Waals surface area contributed by atoms with Gasteiger partial charge >= 0.3 is 5.69 Å². The summed E-state index contributed by atoms with van der Waals surface area (Å²) in [5.74, 6) is 1.08. The Balaban J connectivity index is 1.85. The standard InChI is InChI=1S/C21H30N6O4/c1-13-6-7-16(10-14(13)2)31-12-15(28)11-27-17-18(26(5)21(30)24-19(17)29)23-20(27)22-8-9-25(3)4/h6-7,10,15,28H,8-9,11-12H2,1-5H3,(H,22,23)(H,24,29,30)/t15-/m1/s1. The molecule has 0 bridgehead atoms. The molecule has 168 valence electrons. The molecule has 0 unspecified atom stereocenters. The van der Waals surface area contributed by atoms with E-state index in [-0.39, 0.29) is 24.3 Å².